The Kier molecular flexibility index (Phi) is 6.41. The number of benzene rings is 2. The molecule has 0 atom stereocenters. The van der Waals surface area contributed by atoms with Gasteiger partial charge in [0.1, 0.15) is 11.6 Å². The second kappa shape index (κ2) is 9.16. The molecular weight excluding hydrogens is 358 g/mol. The summed E-state index contributed by atoms with van der Waals surface area (Å²) in [6.45, 7) is 0.240. The number of methoxy groups -OCH3 is 3. The summed E-state index contributed by atoms with van der Waals surface area (Å²) in [4.78, 5) is 17.4. The van der Waals surface area contributed by atoms with E-state index in [-0.39, 0.29) is 12.5 Å². The lowest BCUT2D eigenvalue weighted by molar-refractivity contribution is -0.0974. The number of pyridine rings is 1. The zero-order chi connectivity index (χ0) is 19.9. The van der Waals surface area contributed by atoms with Crippen molar-refractivity contribution in [3.63, 3.8) is 0 Å². The highest BCUT2D eigenvalue weighted by Gasteiger charge is 2.15. The van der Waals surface area contributed by atoms with Gasteiger partial charge in [0, 0.05) is 25.3 Å². The number of ether oxygens (including phenoxy) is 3. The summed E-state index contributed by atoms with van der Waals surface area (Å²) in [5, 5.41) is 6.84. The van der Waals surface area contributed by atoms with Crippen LogP contribution in [0.2, 0.25) is 0 Å². The van der Waals surface area contributed by atoms with E-state index in [0.29, 0.717) is 11.4 Å². The average Bonchev–Trinajstić information content (AvgIpc) is 2.74. The van der Waals surface area contributed by atoms with Crippen LogP contribution in [0.3, 0.4) is 0 Å². The van der Waals surface area contributed by atoms with Gasteiger partial charge in [-0.15, -0.1) is 0 Å². The number of carbonyl (C=O) groups excluding carboxylic acids is 1. The van der Waals surface area contributed by atoms with Crippen molar-refractivity contribution < 1.29 is 19.0 Å². The predicted octanol–water partition coefficient (Wildman–Crippen LogP) is 3.34. The number of hydrogen-bond donors (Lipinski definition) is 2. The molecule has 0 aliphatic rings. The molecule has 1 aromatic heterocycles. The Balaban J connectivity index is 1.89. The first kappa shape index (κ1) is 19.6. The minimum atomic E-state index is -0.506. The normalized spacial score (nSPS) is 10.9. The first-order valence-electron chi connectivity index (χ1n) is 8.79. The van der Waals surface area contributed by atoms with E-state index in [2.05, 4.69) is 15.6 Å². The maximum atomic E-state index is 12.8. The van der Waals surface area contributed by atoms with Crippen LogP contribution in [0, 0.1) is 0 Å². The quantitative estimate of drug-likeness (QED) is 0.583. The van der Waals surface area contributed by atoms with Gasteiger partial charge in [-0.3, -0.25) is 4.79 Å². The number of amides is 1. The van der Waals surface area contributed by atoms with Gasteiger partial charge in [-0.05, 0) is 36.4 Å². The van der Waals surface area contributed by atoms with Gasteiger partial charge in [0.2, 0.25) is 0 Å². The zero-order valence-corrected chi connectivity index (χ0v) is 16.1. The zero-order valence-electron chi connectivity index (χ0n) is 16.1. The van der Waals surface area contributed by atoms with E-state index in [1.165, 1.54) is 14.2 Å². The van der Waals surface area contributed by atoms with Crippen molar-refractivity contribution in [2.75, 3.05) is 33.2 Å². The lowest BCUT2D eigenvalue weighted by Gasteiger charge is -2.15. The molecule has 3 aromatic rings. The third-order valence-electron chi connectivity index (χ3n) is 4.28. The van der Waals surface area contributed by atoms with E-state index in [0.717, 1.165) is 22.3 Å². The Morgan fingerprint density at radius 1 is 1.04 bits per heavy atom. The Bertz CT molecular complexity index is 940. The van der Waals surface area contributed by atoms with E-state index in [9.17, 15) is 4.79 Å². The Hall–Kier alpha value is -3.16. The van der Waals surface area contributed by atoms with Gasteiger partial charge in [0.25, 0.3) is 5.91 Å². The van der Waals surface area contributed by atoms with Crippen LogP contribution < -0.4 is 15.4 Å². The molecule has 0 aliphatic carbocycles. The number of carbonyl (C=O) groups is 1. The number of hydrogen-bond acceptors (Lipinski definition) is 6. The predicted molar refractivity (Wildman–Crippen MR) is 108 cm³/mol. The first-order valence-corrected chi connectivity index (χ1v) is 8.79. The molecule has 0 radical (unpaired) electrons. The topological polar surface area (TPSA) is 81.7 Å². The maximum Gasteiger partial charge on any atom is 0.252 e. The molecule has 146 valence electrons. The fraction of sp³-hybridized carbons (Fsp3) is 0.238. The molecular formula is C21H23N3O4. The van der Waals surface area contributed by atoms with E-state index in [1.54, 1.807) is 13.2 Å². The summed E-state index contributed by atoms with van der Waals surface area (Å²) in [5.41, 5.74) is 2.09. The summed E-state index contributed by atoms with van der Waals surface area (Å²) in [6, 6.07) is 16.7. The minimum Gasteiger partial charge on any atom is -0.497 e. The molecule has 7 nitrogen and oxygen atoms in total. The lowest BCUT2D eigenvalue weighted by atomic mass is 10.1. The molecule has 3 rings (SSSR count). The SMILES string of the molecule is COc1ccc(Nc2cc(C(=O)NCC(OC)OC)c3ccccc3n2)cc1. The van der Waals surface area contributed by atoms with E-state index in [1.807, 2.05) is 48.5 Å². The molecule has 0 spiro atoms. The van der Waals surface area contributed by atoms with Gasteiger partial charge in [-0.2, -0.15) is 0 Å². The molecule has 2 aromatic carbocycles. The average molecular weight is 381 g/mol. The molecule has 0 aliphatic heterocycles. The van der Waals surface area contributed by atoms with Crippen LogP contribution in [-0.4, -0.2) is 45.1 Å². The molecule has 0 saturated carbocycles. The molecule has 7 heteroatoms. The van der Waals surface area contributed by atoms with Crippen molar-refractivity contribution in [3.05, 3.63) is 60.2 Å². The summed E-state index contributed by atoms with van der Waals surface area (Å²) in [6.07, 6.45) is -0.506. The van der Waals surface area contributed by atoms with Gasteiger partial charge in [-0.1, -0.05) is 18.2 Å². The van der Waals surface area contributed by atoms with Gasteiger partial charge in [-0.25, -0.2) is 4.98 Å². The van der Waals surface area contributed by atoms with E-state index < -0.39 is 6.29 Å². The Morgan fingerprint density at radius 3 is 2.43 bits per heavy atom. The largest absolute Gasteiger partial charge is 0.497 e. The third-order valence-corrected chi connectivity index (χ3v) is 4.28. The van der Waals surface area contributed by atoms with Crippen LogP contribution in [0.15, 0.2) is 54.6 Å². The van der Waals surface area contributed by atoms with Crippen molar-refractivity contribution in [3.8, 4) is 5.75 Å². The second-order valence-corrected chi connectivity index (χ2v) is 6.04. The maximum absolute atomic E-state index is 12.8. The summed E-state index contributed by atoms with van der Waals surface area (Å²) in [7, 11) is 4.67. The van der Waals surface area contributed by atoms with Gasteiger partial charge < -0.3 is 24.8 Å². The van der Waals surface area contributed by atoms with Gasteiger partial charge in [0.05, 0.1) is 24.7 Å². The van der Waals surface area contributed by atoms with Crippen molar-refractivity contribution in [2.24, 2.45) is 0 Å². The number of rotatable bonds is 8. The summed E-state index contributed by atoms with van der Waals surface area (Å²) >= 11 is 0. The van der Waals surface area contributed by atoms with Gasteiger partial charge >= 0.3 is 0 Å². The van der Waals surface area contributed by atoms with Crippen LogP contribution in [0.25, 0.3) is 10.9 Å². The monoisotopic (exact) mass is 381 g/mol. The molecule has 0 saturated heterocycles. The van der Waals surface area contributed by atoms with Crippen LogP contribution >= 0.6 is 0 Å². The smallest absolute Gasteiger partial charge is 0.252 e. The van der Waals surface area contributed by atoms with Crippen molar-refractivity contribution in [1.29, 1.82) is 0 Å². The van der Waals surface area contributed by atoms with Gasteiger partial charge in [0.15, 0.2) is 6.29 Å². The number of nitrogens with zero attached hydrogens (tertiary/aromatic N) is 1. The molecule has 28 heavy (non-hydrogen) atoms. The van der Waals surface area contributed by atoms with Crippen molar-refractivity contribution in [2.45, 2.75) is 6.29 Å². The molecule has 0 bridgehead atoms. The van der Waals surface area contributed by atoms with Crippen LogP contribution in [0.4, 0.5) is 11.5 Å². The summed E-state index contributed by atoms with van der Waals surface area (Å²) in [5.74, 6) is 1.11. The lowest BCUT2D eigenvalue weighted by Crippen LogP contribution is -2.34. The van der Waals surface area contributed by atoms with Crippen LogP contribution in [0.1, 0.15) is 10.4 Å². The molecule has 1 amide bonds. The molecule has 0 fully saturated rings. The number of fused-ring (bicyclic) bond motifs is 1. The number of para-hydroxylation sites is 1. The number of aromatic nitrogens is 1. The fourth-order valence-corrected chi connectivity index (χ4v) is 2.78. The Morgan fingerprint density at radius 2 is 1.75 bits per heavy atom. The second-order valence-electron chi connectivity index (χ2n) is 6.04. The molecule has 1 heterocycles. The highest BCUT2D eigenvalue weighted by molar-refractivity contribution is 6.07. The number of anilines is 2. The third kappa shape index (κ3) is 4.57. The van der Waals surface area contributed by atoms with Crippen molar-refractivity contribution >= 4 is 28.3 Å². The highest BCUT2D eigenvalue weighted by atomic mass is 16.7. The minimum absolute atomic E-state index is 0.226. The van der Waals surface area contributed by atoms with E-state index >= 15 is 0 Å². The molecule has 0 unspecified atom stereocenters. The highest BCUT2D eigenvalue weighted by Crippen LogP contribution is 2.24. The van der Waals surface area contributed by atoms with Crippen LogP contribution in [-0.2, 0) is 9.47 Å². The van der Waals surface area contributed by atoms with E-state index in [4.69, 9.17) is 14.2 Å². The number of nitrogens with one attached hydrogen (secondary N) is 2. The molecule has 2 N–H and O–H groups in total. The van der Waals surface area contributed by atoms with Crippen molar-refractivity contribution in [1.82, 2.24) is 10.3 Å². The fourth-order valence-electron chi connectivity index (χ4n) is 2.78. The summed E-state index contributed by atoms with van der Waals surface area (Å²) < 4.78 is 15.4. The first-order chi connectivity index (χ1) is 13.6. The van der Waals surface area contributed by atoms with Crippen LogP contribution in [0.5, 0.6) is 5.75 Å². The Labute approximate surface area is 163 Å². The standard InChI is InChI=1S/C21H23N3O4/c1-26-15-10-8-14(9-11-15)23-19-12-17(16-6-4-5-7-18(16)24-19)21(25)22-13-20(27-2)28-3/h4-12,20H,13H2,1-3H3,(H,22,25)(H,23,24).